The minimum Gasteiger partial charge on any atom is -0.497 e. The van der Waals surface area contributed by atoms with Crippen LogP contribution < -0.4 is 9.47 Å². The Kier molecular flexibility index (Phi) is 10.7. The average molecular weight is 597 g/mol. The highest BCUT2D eigenvalue weighted by Gasteiger charge is 2.20. The maximum atomic E-state index is 12.9. The number of sulfone groups is 1. The van der Waals surface area contributed by atoms with Gasteiger partial charge in [-0.1, -0.05) is 63.1 Å². The van der Waals surface area contributed by atoms with E-state index < -0.39 is 20.0 Å². The van der Waals surface area contributed by atoms with Gasteiger partial charge in [0.25, 0.3) is 10.1 Å². The fourth-order valence-electron chi connectivity index (χ4n) is 3.59. The van der Waals surface area contributed by atoms with Gasteiger partial charge in [0, 0.05) is 0 Å². The lowest BCUT2D eigenvalue weighted by Gasteiger charge is -2.12. The molecule has 0 aliphatic rings. The van der Waals surface area contributed by atoms with Crippen LogP contribution in [0.25, 0.3) is 0 Å². The average Bonchev–Trinajstić information content (AvgIpc) is 2.94. The van der Waals surface area contributed by atoms with Crippen LogP contribution in [0.1, 0.15) is 43.9 Å². The molecule has 0 amide bonds. The van der Waals surface area contributed by atoms with E-state index >= 15 is 0 Å². The normalized spacial score (nSPS) is 11.5. The van der Waals surface area contributed by atoms with Crippen LogP contribution >= 0.6 is 0 Å². The van der Waals surface area contributed by atoms with Crippen molar-refractivity contribution < 1.29 is 30.9 Å². The van der Waals surface area contributed by atoms with Gasteiger partial charge >= 0.3 is 0 Å². The zero-order valence-electron chi connectivity index (χ0n) is 23.9. The van der Waals surface area contributed by atoms with Crippen LogP contribution in [0.5, 0.6) is 17.2 Å². The third kappa shape index (κ3) is 8.91. The first-order valence-corrected chi connectivity index (χ1v) is 16.1. The van der Waals surface area contributed by atoms with Gasteiger partial charge in [0.2, 0.25) is 9.84 Å². The van der Waals surface area contributed by atoms with E-state index in [1.165, 1.54) is 42.8 Å². The molecule has 0 radical (unpaired) electrons. The predicted molar refractivity (Wildman–Crippen MR) is 160 cm³/mol. The molecule has 1 N–H and O–H groups in total. The molecule has 0 aliphatic carbocycles. The van der Waals surface area contributed by atoms with Gasteiger partial charge < -0.3 is 9.47 Å². The van der Waals surface area contributed by atoms with Crippen LogP contribution in [0, 0.1) is 12.8 Å². The van der Waals surface area contributed by atoms with Crippen LogP contribution in [0.15, 0.2) is 106 Å². The van der Waals surface area contributed by atoms with Crippen molar-refractivity contribution in [1.82, 2.24) is 0 Å². The molecule has 0 unspecified atom stereocenters. The van der Waals surface area contributed by atoms with Gasteiger partial charge in [-0.2, -0.15) is 8.42 Å². The molecule has 4 aromatic rings. The quantitative estimate of drug-likeness (QED) is 0.199. The topological polar surface area (TPSA) is 107 Å². The maximum absolute atomic E-state index is 12.9. The third-order valence-electron chi connectivity index (χ3n) is 6.36. The molecule has 4 aromatic carbocycles. The molecule has 0 saturated heterocycles. The molecule has 0 aromatic heterocycles. The first kappa shape index (κ1) is 31.9. The van der Waals surface area contributed by atoms with E-state index in [-0.39, 0.29) is 26.2 Å². The van der Waals surface area contributed by atoms with E-state index in [0.717, 1.165) is 17.0 Å². The molecule has 0 bridgehead atoms. The molecule has 0 atom stereocenters. The van der Waals surface area contributed by atoms with E-state index in [4.69, 9.17) is 9.47 Å². The van der Waals surface area contributed by atoms with E-state index in [1.54, 1.807) is 49.6 Å². The van der Waals surface area contributed by atoms with Crippen LogP contribution in [0.2, 0.25) is 0 Å². The van der Waals surface area contributed by atoms with E-state index in [2.05, 4.69) is 20.8 Å². The summed E-state index contributed by atoms with van der Waals surface area (Å²) in [5.41, 5.74) is 2.53. The van der Waals surface area contributed by atoms with Crippen LogP contribution in [0.4, 0.5) is 0 Å². The molecule has 4 rings (SSSR count). The Morgan fingerprint density at radius 2 is 1.22 bits per heavy atom. The highest BCUT2D eigenvalue weighted by Crippen LogP contribution is 2.32. The lowest BCUT2D eigenvalue weighted by Crippen LogP contribution is -2.03. The molecule has 0 heterocycles. The van der Waals surface area contributed by atoms with Crippen molar-refractivity contribution in [3.8, 4) is 17.2 Å². The summed E-state index contributed by atoms with van der Waals surface area (Å²) in [7, 11) is -6.73. The molecule has 0 saturated carbocycles. The Bertz CT molecular complexity index is 1640. The summed E-state index contributed by atoms with van der Waals surface area (Å²) in [6.07, 6.45) is 1.73. The smallest absolute Gasteiger partial charge is 0.298 e. The lowest BCUT2D eigenvalue weighted by molar-refractivity contribution is 0.414. The van der Waals surface area contributed by atoms with E-state index in [9.17, 15) is 21.4 Å². The van der Waals surface area contributed by atoms with Crippen molar-refractivity contribution in [2.75, 3.05) is 7.11 Å². The zero-order valence-corrected chi connectivity index (χ0v) is 25.5. The maximum Gasteiger partial charge on any atom is 0.298 e. The number of ether oxygens (including phenoxy) is 2. The minimum absolute atomic E-state index is 0.0727. The van der Waals surface area contributed by atoms with Crippen LogP contribution in [-0.4, -0.2) is 28.5 Å². The number of aryl methyl sites for hydroxylation is 1. The van der Waals surface area contributed by atoms with Crippen molar-refractivity contribution in [2.24, 2.45) is 5.92 Å². The number of hydrogen-bond donors (Lipinski definition) is 1. The van der Waals surface area contributed by atoms with Crippen molar-refractivity contribution in [1.29, 1.82) is 0 Å². The highest BCUT2D eigenvalue weighted by atomic mass is 32.2. The van der Waals surface area contributed by atoms with Gasteiger partial charge in [0.05, 0.1) is 16.9 Å². The van der Waals surface area contributed by atoms with Gasteiger partial charge in [-0.3, -0.25) is 4.55 Å². The van der Waals surface area contributed by atoms with Crippen LogP contribution in [0.3, 0.4) is 0 Å². The Balaban J connectivity index is 0.000000850. The van der Waals surface area contributed by atoms with Crippen LogP contribution in [-0.2, 0) is 26.4 Å². The second kappa shape index (κ2) is 13.8. The molecule has 9 heteroatoms. The standard InChI is InChI=1S/C27H24O7S2.C5H12/c1-19-3-12-24(13-4-19)35(28,29)25-14-10-23(11-15-25)34-26-16-7-21(18-27(26)36(30,31)32)17-20-5-8-22(33-2)9-6-20;1-4-5(2)3/h3-16,18H,17H2,1-2H3,(H,30,31,32);5H,4H2,1-3H3. The Hall–Kier alpha value is -3.66. The minimum atomic E-state index is -4.59. The van der Waals surface area contributed by atoms with Gasteiger partial charge in [0.15, 0.2) is 0 Å². The SMILES string of the molecule is CCC(C)C.COc1ccc(Cc2ccc(Oc3ccc(S(=O)(=O)c4ccc(C)cc4)cc3)c(S(=O)(=O)O)c2)cc1. The van der Waals surface area contributed by atoms with E-state index in [0.29, 0.717) is 17.7 Å². The molecule has 0 spiro atoms. The van der Waals surface area contributed by atoms with Crippen molar-refractivity contribution in [3.05, 3.63) is 108 Å². The summed E-state index contributed by atoms with van der Waals surface area (Å²) in [5, 5.41) is 0. The molecule has 0 fully saturated rings. The second-order valence-corrected chi connectivity index (χ2v) is 13.3. The third-order valence-corrected chi connectivity index (χ3v) is 9.02. The molecular weight excluding hydrogens is 560 g/mol. The number of hydrogen-bond acceptors (Lipinski definition) is 6. The summed E-state index contributed by atoms with van der Waals surface area (Å²) >= 11 is 0. The number of rotatable bonds is 9. The Morgan fingerprint density at radius 1 is 0.732 bits per heavy atom. The van der Waals surface area contributed by atoms with Gasteiger partial charge in [0.1, 0.15) is 22.1 Å². The number of benzene rings is 4. The fraction of sp³-hybridized carbons (Fsp3) is 0.250. The van der Waals surface area contributed by atoms with Gasteiger partial charge in [-0.05, 0) is 91.1 Å². The predicted octanol–water partition coefficient (Wildman–Crippen LogP) is 7.52. The molecular formula is C32H36O7S2. The van der Waals surface area contributed by atoms with E-state index in [1.807, 2.05) is 19.1 Å². The monoisotopic (exact) mass is 596 g/mol. The molecule has 41 heavy (non-hydrogen) atoms. The van der Waals surface area contributed by atoms with Gasteiger partial charge in [-0.25, -0.2) is 8.42 Å². The summed E-state index contributed by atoms with van der Waals surface area (Å²) < 4.78 is 70.5. The summed E-state index contributed by atoms with van der Waals surface area (Å²) in [6, 6.07) is 24.0. The zero-order chi connectivity index (χ0) is 30.2. The lowest BCUT2D eigenvalue weighted by atomic mass is 10.0. The summed E-state index contributed by atoms with van der Waals surface area (Å²) in [4.78, 5) is -0.142. The Morgan fingerprint density at radius 3 is 1.71 bits per heavy atom. The Labute approximate surface area is 243 Å². The first-order chi connectivity index (χ1) is 19.3. The number of methoxy groups -OCH3 is 1. The molecule has 7 nitrogen and oxygen atoms in total. The highest BCUT2D eigenvalue weighted by molar-refractivity contribution is 7.91. The molecule has 218 valence electrons. The summed E-state index contributed by atoms with van der Waals surface area (Å²) in [5.74, 6) is 1.73. The largest absolute Gasteiger partial charge is 0.497 e. The van der Waals surface area contributed by atoms with Gasteiger partial charge in [-0.15, -0.1) is 0 Å². The van der Waals surface area contributed by atoms with Crippen molar-refractivity contribution in [2.45, 2.75) is 55.2 Å². The molecule has 0 aliphatic heterocycles. The second-order valence-electron chi connectivity index (χ2n) is 9.97. The fourth-order valence-corrected chi connectivity index (χ4v) is 5.52. The van der Waals surface area contributed by atoms with Crippen molar-refractivity contribution >= 4 is 20.0 Å². The summed E-state index contributed by atoms with van der Waals surface area (Å²) in [6.45, 7) is 8.51. The van der Waals surface area contributed by atoms with Crippen molar-refractivity contribution in [3.63, 3.8) is 0 Å². The first-order valence-electron chi connectivity index (χ1n) is 13.2.